The number of aromatic nitrogens is 2. The van der Waals surface area contributed by atoms with Crippen molar-refractivity contribution in [2.75, 3.05) is 5.73 Å². The van der Waals surface area contributed by atoms with Gasteiger partial charge in [0.1, 0.15) is 5.82 Å². The van der Waals surface area contributed by atoms with Gasteiger partial charge in [-0.15, -0.1) is 0 Å². The summed E-state index contributed by atoms with van der Waals surface area (Å²) in [5, 5.41) is 0. The molecule has 0 amide bonds. The standard InChI is InChI=1S/C13H12F3N5/c14-9-2-1-7(17)5-8(9)13(12(15)16)6-21-4-3-19-11(21)10(18)20-13/h1-5,12H,6,17H2,(H2,18,20). The van der Waals surface area contributed by atoms with Gasteiger partial charge in [-0.3, -0.25) is 0 Å². The Morgan fingerprint density at radius 3 is 2.76 bits per heavy atom. The lowest BCUT2D eigenvalue weighted by molar-refractivity contribution is 0.0386. The van der Waals surface area contributed by atoms with Crippen LogP contribution in [0.2, 0.25) is 0 Å². The van der Waals surface area contributed by atoms with E-state index in [0.29, 0.717) is 0 Å². The number of aliphatic imine (C=N–C) groups is 1. The quantitative estimate of drug-likeness (QED) is 0.823. The van der Waals surface area contributed by atoms with Gasteiger partial charge < -0.3 is 16.0 Å². The molecule has 0 radical (unpaired) electrons. The molecule has 1 aliphatic heterocycles. The van der Waals surface area contributed by atoms with Gasteiger partial charge in [-0.05, 0) is 18.2 Å². The number of fused-ring (bicyclic) bond motifs is 1. The smallest absolute Gasteiger partial charge is 0.269 e. The van der Waals surface area contributed by atoms with Crippen molar-refractivity contribution in [3.05, 3.63) is 47.8 Å². The van der Waals surface area contributed by atoms with Crippen LogP contribution in [0, 0.1) is 5.82 Å². The minimum absolute atomic E-state index is 0.159. The van der Waals surface area contributed by atoms with Crippen molar-refractivity contribution in [2.45, 2.75) is 18.5 Å². The molecule has 0 saturated heterocycles. The summed E-state index contributed by atoms with van der Waals surface area (Å²) < 4.78 is 43.0. The van der Waals surface area contributed by atoms with Crippen LogP contribution in [0.25, 0.3) is 0 Å². The van der Waals surface area contributed by atoms with Crippen LogP contribution in [-0.4, -0.2) is 21.8 Å². The van der Waals surface area contributed by atoms with Crippen LogP contribution >= 0.6 is 0 Å². The number of anilines is 1. The molecule has 0 fully saturated rings. The van der Waals surface area contributed by atoms with Gasteiger partial charge in [-0.2, -0.15) is 0 Å². The first kappa shape index (κ1) is 13.5. The summed E-state index contributed by atoms with van der Waals surface area (Å²) in [6, 6.07) is 3.51. The van der Waals surface area contributed by atoms with E-state index >= 15 is 0 Å². The van der Waals surface area contributed by atoms with Crippen molar-refractivity contribution in [3.63, 3.8) is 0 Å². The zero-order valence-electron chi connectivity index (χ0n) is 10.8. The van der Waals surface area contributed by atoms with Crippen LogP contribution in [0.1, 0.15) is 11.4 Å². The lowest BCUT2D eigenvalue weighted by atomic mass is 9.88. The predicted molar refractivity (Wildman–Crippen MR) is 71.4 cm³/mol. The van der Waals surface area contributed by atoms with Crippen molar-refractivity contribution in [2.24, 2.45) is 10.7 Å². The molecule has 0 aliphatic carbocycles. The van der Waals surface area contributed by atoms with Gasteiger partial charge >= 0.3 is 0 Å². The Balaban J connectivity index is 2.23. The van der Waals surface area contributed by atoms with E-state index in [1.165, 1.54) is 29.1 Å². The molecule has 0 saturated carbocycles. The van der Waals surface area contributed by atoms with E-state index in [0.717, 1.165) is 6.07 Å². The first-order chi connectivity index (χ1) is 9.94. The fraction of sp³-hybridized carbons (Fsp3) is 0.231. The summed E-state index contributed by atoms with van der Waals surface area (Å²) >= 11 is 0. The zero-order valence-corrected chi connectivity index (χ0v) is 10.8. The predicted octanol–water partition coefficient (Wildman–Crippen LogP) is 1.48. The Morgan fingerprint density at radius 2 is 2.05 bits per heavy atom. The second-order valence-electron chi connectivity index (χ2n) is 4.84. The van der Waals surface area contributed by atoms with Crippen LogP contribution in [-0.2, 0) is 12.1 Å². The van der Waals surface area contributed by atoms with E-state index in [1.54, 1.807) is 0 Å². The number of benzene rings is 1. The highest BCUT2D eigenvalue weighted by Gasteiger charge is 2.47. The van der Waals surface area contributed by atoms with Crippen LogP contribution in [0.15, 0.2) is 35.6 Å². The minimum atomic E-state index is -2.96. The fourth-order valence-electron chi connectivity index (χ4n) is 2.49. The maximum absolute atomic E-state index is 14.1. The number of rotatable bonds is 2. The summed E-state index contributed by atoms with van der Waals surface area (Å²) in [5.41, 5.74) is 9.09. The molecule has 0 bridgehead atoms. The molecular weight excluding hydrogens is 283 g/mol. The monoisotopic (exact) mass is 295 g/mol. The second kappa shape index (κ2) is 4.51. The molecule has 110 valence electrons. The van der Waals surface area contributed by atoms with Crippen molar-refractivity contribution < 1.29 is 13.2 Å². The first-order valence-corrected chi connectivity index (χ1v) is 6.14. The minimum Gasteiger partial charge on any atom is -0.399 e. The van der Waals surface area contributed by atoms with Gasteiger partial charge in [0.2, 0.25) is 0 Å². The highest BCUT2D eigenvalue weighted by atomic mass is 19.3. The van der Waals surface area contributed by atoms with Crippen molar-refractivity contribution in [1.82, 2.24) is 9.55 Å². The number of nitrogen functional groups attached to an aromatic ring is 1. The van der Waals surface area contributed by atoms with E-state index in [9.17, 15) is 13.2 Å². The highest BCUT2D eigenvalue weighted by Crippen LogP contribution is 2.39. The summed E-state index contributed by atoms with van der Waals surface area (Å²) in [6.45, 7) is -0.263. The highest BCUT2D eigenvalue weighted by molar-refractivity contribution is 5.95. The summed E-state index contributed by atoms with van der Waals surface area (Å²) in [7, 11) is 0. The summed E-state index contributed by atoms with van der Waals surface area (Å²) in [6.07, 6.45) is -0.0319. The molecule has 1 aromatic heterocycles. The third-order valence-corrected chi connectivity index (χ3v) is 3.49. The lowest BCUT2D eigenvalue weighted by Gasteiger charge is -2.34. The molecule has 2 aromatic rings. The second-order valence-corrected chi connectivity index (χ2v) is 4.84. The maximum Gasteiger partial charge on any atom is 0.269 e. The van der Waals surface area contributed by atoms with Crippen LogP contribution in [0.5, 0.6) is 0 Å². The summed E-state index contributed by atoms with van der Waals surface area (Å²) in [5.74, 6) is -0.673. The van der Waals surface area contributed by atoms with E-state index < -0.39 is 17.8 Å². The van der Waals surface area contributed by atoms with E-state index in [-0.39, 0.29) is 29.5 Å². The van der Waals surface area contributed by atoms with Crippen molar-refractivity contribution in [1.29, 1.82) is 0 Å². The Bertz CT molecular complexity index is 724. The number of alkyl halides is 2. The summed E-state index contributed by atoms with van der Waals surface area (Å²) in [4.78, 5) is 7.80. The van der Waals surface area contributed by atoms with Crippen LogP contribution < -0.4 is 11.5 Å². The number of nitrogens with two attached hydrogens (primary N) is 2. The molecule has 2 heterocycles. The fourth-order valence-corrected chi connectivity index (χ4v) is 2.49. The molecule has 1 aromatic carbocycles. The van der Waals surface area contributed by atoms with Gasteiger partial charge in [0.05, 0.1) is 6.54 Å². The molecule has 4 N–H and O–H groups in total. The Morgan fingerprint density at radius 1 is 1.29 bits per heavy atom. The third-order valence-electron chi connectivity index (χ3n) is 3.49. The average Bonchev–Trinajstić information content (AvgIpc) is 2.89. The van der Waals surface area contributed by atoms with E-state index in [4.69, 9.17) is 11.5 Å². The maximum atomic E-state index is 14.1. The van der Waals surface area contributed by atoms with Gasteiger partial charge in [-0.1, -0.05) is 0 Å². The SMILES string of the molecule is NC1=NC(c2cc(N)ccc2F)(C(F)F)Cn2ccnc21. The van der Waals surface area contributed by atoms with Gasteiger partial charge in [-0.25, -0.2) is 23.1 Å². The van der Waals surface area contributed by atoms with Gasteiger partial charge in [0.25, 0.3) is 6.43 Å². The first-order valence-electron chi connectivity index (χ1n) is 6.14. The zero-order chi connectivity index (χ0) is 15.2. The third kappa shape index (κ3) is 1.94. The molecule has 1 atom stereocenters. The number of hydrogen-bond acceptors (Lipinski definition) is 4. The number of hydrogen-bond donors (Lipinski definition) is 2. The average molecular weight is 295 g/mol. The largest absolute Gasteiger partial charge is 0.399 e. The van der Waals surface area contributed by atoms with Crippen LogP contribution in [0.4, 0.5) is 18.9 Å². The number of amidine groups is 1. The van der Waals surface area contributed by atoms with Crippen LogP contribution in [0.3, 0.4) is 0 Å². The lowest BCUT2D eigenvalue weighted by Crippen LogP contribution is -2.44. The normalized spacial score (nSPS) is 21.2. The molecule has 1 unspecified atom stereocenters. The van der Waals surface area contributed by atoms with Gasteiger partial charge in [0, 0.05) is 23.6 Å². The Kier molecular flexibility index (Phi) is 2.89. The molecule has 21 heavy (non-hydrogen) atoms. The number of halogens is 3. The Hall–Kier alpha value is -2.51. The molecule has 5 nitrogen and oxygen atoms in total. The molecule has 8 heteroatoms. The topological polar surface area (TPSA) is 82.2 Å². The molecule has 1 aliphatic rings. The van der Waals surface area contributed by atoms with Crippen molar-refractivity contribution >= 4 is 11.5 Å². The number of nitrogens with zero attached hydrogens (tertiary/aromatic N) is 3. The molecular formula is C13H12F3N5. The molecule has 3 rings (SSSR count). The van der Waals surface area contributed by atoms with Crippen molar-refractivity contribution in [3.8, 4) is 0 Å². The van der Waals surface area contributed by atoms with E-state index in [1.807, 2.05) is 0 Å². The Labute approximate surface area is 118 Å². The number of imidazole rings is 1. The van der Waals surface area contributed by atoms with Gasteiger partial charge in [0.15, 0.2) is 17.2 Å². The van der Waals surface area contributed by atoms with E-state index in [2.05, 4.69) is 9.98 Å². The molecule has 0 spiro atoms.